The summed E-state index contributed by atoms with van der Waals surface area (Å²) >= 11 is 0. The Bertz CT molecular complexity index is 677. The molecule has 23 heavy (non-hydrogen) atoms. The Kier molecular flexibility index (Phi) is 5.32. The molecule has 0 spiro atoms. The molecule has 3 nitrogen and oxygen atoms in total. The van der Waals surface area contributed by atoms with Crippen LogP contribution in [-0.4, -0.2) is 12.1 Å². The molecule has 0 radical (unpaired) electrons. The van der Waals surface area contributed by atoms with E-state index in [9.17, 15) is 4.79 Å². The van der Waals surface area contributed by atoms with Crippen LogP contribution in [0.1, 0.15) is 43.0 Å². The van der Waals surface area contributed by atoms with E-state index in [1.165, 1.54) is 11.1 Å². The first-order chi connectivity index (χ1) is 10.8. The Labute approximate surface area is 138 Å². The van der Waals surface area contributed by atoms with Crippen LogP contribution in [-0.2, 0) is 16.6 Å². The predicted octanol–water partition coefficient (Wildman–Crippen LogP) is 3.99. The Morgan fingerprint density at radius 1 is 1.04 bits per heavy atom. The maximum absolute atomic E-state index is 11.9. The van der Waals surface area contributed by atoms with Crippen molar-refractivity contribution in [3.8, 4) is 0 Å². The van der Waals surface area contributed by atoms with Crippen LogP contribution < -0.4 is 5.43 Å². The third-order valence-electron chi connectivity index (χ3n) is 3.66. The maximum Gasteiger partial charge on any atom is 0.244 e. The molecule has 0 saturated carbocycles. The highest BCUT2D eigenvalue weighted by Crippen LogP contribution is 2.22. The van der Waals surface area contributed by atoms with Gasteiger partial charge in [-0.15, -0.1) is 0 Å². The summed E-state index contributed by atoms with van der Waals surface area (Å²) in [5.41, 5.74) is 7.11. The standard InChI is InChI=1S/C20H24N2O/c1-15-5-7-17(8-6-15)14-21-22-19(23)13-16-9-11-18(12-10-16)20(2,3)4/h5-12,14H,13H2,1-4H3,(H,22,23)/b21-14-. The number of carbonyl (C=O) groups is 1. The topological polar surface area (TPSA) is 41.5 Å². The van der Waals surface area contributed by atoms with Gasteiger partial charge in [0.1, 0.15) is 0 Å². The van der Waals surface area contributed by atoms with Gasteiger partial charge in [0.25, 0.3) is 0 Å². The van der Waals surface area contributed by atoms with Gasteiger partial charge in [-0.2, -0.15) is 5.10 Å². The molecule has 0 aliphatic carbocycles. The van der Waals surface area contributed by atoms with Gasteiger partial charge in [-0.05, 0) is 29.0 Å². The zero-order valence-corrected chi connectivity index (χ0v) is 14.3. The number of hydrogen-bond donors (Lipinski definition) is 1. The lowest BCUT2D eigenvalue weighted by molar-refractivity contribution is -0.120. The summed E-state index contributed by atoms with van der Waals surface area (Å²) in [5, 5.41) is 4.00. The van der Waals surface area contributed by atoms with E-state index in [0.717, 1.165) is 11.1 Å². The molecule has 2 aromatic carbocycles. The van der Waals surface area contributed by atoms with E-state index >= 15 is 0 Å². The van der Waals surface area contributed by atoms with Crippen molar-refractivity contribution in [3.05, 3.63) is 70.8 Å². The van der Waals surface area contributed by atoms with Crippen molar-refractivity contribution in [2.75, 3.05) is 0 Å². The third-order valence-corrected chi connectivity index (χ3v) is 3.66. The lowest BCUT2D eigenvalue weighted by atomic mass is 9.86. The van der Waals surface area contributed by atoms with Crippen molar-refractivity contribution in [1.82, 2.24) is 5.43 Å². The molecule has 1 N–H and O–H groups in total. The number of carbonyl (C=O) groups excluding carboxylic acids is 1. The minimum Gasteiger partial charge on any atom is -0.273 e. The summed E-state index contributed by atoms with van der Waals surface area (Å²) in [6.07, 6.45) is 1.98. The van der Waals surface area contributed by atoms with Crippen molar-refractivity contribution >= 4 is 12.1 Å². The van der Waals surface area contributed by atoms with Crippen LogP contribution in [0.4, 0.5) is 0 Å². The average molecular weight is 308 g/mol. The van der Waals surface area contributed by atoms with Gasteiger partial charge in [-0.25, -0.2) is 5.43 Å². The molecule has 120 valence electrons. The second-order valence-corrected chi connectivity index (χ2v) is 6.83. The van der Waals surface area contributed by atoms with Gasteiger partial charge in [0.05, 0.1) is 12.6 Å². The average Bonchev–Trinajstić information content (AvgIpc) is 2.49. The maximum atomic E-state index is 11.9. The first kappa shape index (κ1) is 16.9. The summed E-state index contributed by atoms with van der Waals surface area (Å²) in [7, 11) is 0. The summed E-state index contributed by atoms with van der Waals surface area (Å²) in [6, 6.07) is 16.1. The lowest BCUT2D eigenvalue weighted by Crippen LogP contribution is -2.20. The molecule has 0 heterocycles. The van der Waals surface area contributed by atoms with E-state index < -0.39 is 0 Å². The smallest absolute Gasteiger partial charge is 0.244 e. The predicted molar refractivity (Wildman–Crippen MR) is 95.8 cm³/mol. The molecule has 2 rings (SSSR count). The fourth-order valence-electron chi connectivity index (χ4n) is 2.18. The van der Waals surface area contributed by atoms with E-state index in [1.54, 1.807) is 6.21 Å². The molecule has 0 aliphatic rings. The highest BCUT2D eigenvalue weighted by atomic mass is 16.2. The van der Waals surface area contributed by atoms with Crippen LogP contribution in [0.25, 0.3) is 0 Å². The van der Waals surface area contributed by atoms with Crippen LogP contribution >= 0.6 is 0 Å². The number of amides is 1. The van der Waals surface area contributed by atoms with Gasteiger partial charge in [0.2, 0.25) is 5.91 Å². The molecule has 0 fully saturated rings. The van der Waals surface area contributed by atoms with Crippen LogP contribution in [0.15, 0.2) is 53.6 Å². The van der Waals surface area contributed by atoms with Gasteiger partial charge in [-0.1, -0.05) is 74.9 Å². The van der Waals surface area contributed by atoms with Gasteiger partial charge < -0.3 is 0 Å². The van der Waals surface area contributed by atoms with Gasteiger partial charge in [-0.3, -0.25) is 4.79 Å². The number of nitrogens with zero attached hydrogens (tertiary/aromatic N) is 1. The number of benzene rings is 2. The number of rotatable bonds is 4. The second-order valence-electron chi connectivity index (χ2n) is 6.83. The molecule has 0 unspecified atom stereocenters. The third kappa shape index (κ3) is 5.37. The van der Waals surface area contributed by atoms with E-state index in [2.05, 4.69) is 43.4 Å². The van der Waals surface area contributed by atoms with Crippen LogP contribution in [0, 0.1) is 6.92 Å². The SMILES string of the molecule is Cc1ccc(/C=N\NC(=O)Cc2ccc(C(C)(C)C)cc2)cc1. The highest BCUT2D eigenvalue weighted by molar-refractivity contribution is 5.83. The number of nitrogens with one attached hydrogen (secondary N) is 1. The Morgan fingerprint density at radius 3 is 2.22 bits per heavy atom. The van der Waals surface area contributed by atoms with E-state index in [-0.39, 0.29) is 11.3 Å². The molecule has 0 bridgehead atoms. The fraction of sp³-hybridized carbons (Fsp3) is 0.300. The highest BCUT2D eigenvalue weighted by Gasteiger charge is 2.13. The molecular formula is C20H24N2O. The van der Waals surface area contributed by atoms with Crippen molar-refractivity contribution < 1.29 is 4.79 Å². The van der Waals surface area contributed by atoms with Crippen LogP contribution in [0.2, 0.25) is 0 Å². The molecule has 0 atom stereocenters. The molecule has 3 heteroatoms. The first-order valence-corrected chi connectivity index (χ1v) is 7.82. The lowest BCUT2D eigenvalue weighted by Gasteiger charge is -2.19. The zero-order chi connectivity index (χ0) is 16.9. The van der Waals surface area contributed by atoms with E-state index in [4.69, 9.17) is 0 Å². The van der Waals surface area contributed by atoms with Crippen molar-refractivity contribution in [2.45, 2.75) is 39.5 Å². The minimum atomic E-state index is -0.114. The van der Waals surface area contributed by atoms with Crippen LogP contribution in [0.3, 0.4) is 0 Å². The Hall–Kier alpha value is -2.42. The fourth-order valence-corrected chi connectivity index (χ4v) is 2.18. The number of hydrogen-bond acceptors (Lipinski definition) is 2. The molecular weight excluding hydrogens is 284 g/mol. The quantitative estimate of drug-likeness (QED) is 0.673. The minimum absolute atomic E-state index is 0.114. The monoisotopic (exact) mass is 308 g/mol. The molecule has 0 saturated heterocycles. The number of aryl methyl sites for hydroxylation is 1. The Balaban J connectivity index is 1.88. The summed E-state index contributed by atoms with van der Waals surface area (Å²) in [5.74, 6) is -0.114. The van der Waals surface area contributed by atoms with Gasteiger partial charge in [0, 0.05) is 0 Å². The Morgan fingerprint density at radius 2 is 1.65 bits per heavy atom. The summed E-state index contributed by atoms with van der Waals surface area (Å²) in [6.45, 7) is 8.56. The number of hydrazone groups is 1. The van der Waals surface area contributed by atoms with Crippen LogP contribution in [0.5, 0.6) is 0 Å². The van der Waals surface area contributed by atoms with E-state index in [0.29, 0.717) is 6.42 Å². The van der Waals surface area contributed by atoms with Gasteiger partial charge in [0.15, 0.2) is 0 Å². The first-order valence-electron chi connectivity index (χ1n) is 7.82. The zero-order valence-electron chi connectivity index (χ0n) is 14.3. The molecule has 1 amide bonds. The van der Waals surface area contributed by atoms with Crippen molar-refractivity contribution in [1.29, 1.82) is 0 Å². The van der Waals surface area contributed by atoms with E-state index in [1.807, 2.05) is 43.3 Å². The molecule has 0 aliphatic heterocycles. The van der Waals surface area contributed by atoms with Crippen molar-refractivity contribution in [3.63, 3.8) is 0 Å². The van der Waals surface area contributed by atoms with Gasteiger partial charge >= 0.3 is 0 Å². The van der Waals surface area contributed by atoms with Crippen molar-refractivity contribution in [2.24, 2.45) is 5.10 Å². The largest absolute Gasteiger partial charge is 0.273 e. The molecule has 0 aromatic heterocycles. The summed E-state index contributed by atoms with van der Waals surface area (Å²) in [4.78, 5) is 11.9. The normalized spacial score (nSPS) is 11.7. The molecule has 2 aromatic rings. The summed E-state index contributed by atoms with van der Waals surface area (Å²) < 4.78 is 0. The second kappa shape index (κ2) is 7.23.